The van der Waals surface area contributed by atoms with Crippen molar-refractivity contribution in [3.05, 3.63) is 78.1 Å². The van der Waals surface area contributed by atoms with Crippen molar-refractivity contribution >= 4 is 18.2 Å². The van der Waals surface area contributed by atoms with Crippen LogP contribution in [0, 0.1) is 12.7 Å². The average molecular weight is 389 g/mol. The summed E-state index contributed by atoms with van der Waals surface area (Å²) < 4.78 is 21.2. The third kappa shape index (κ3) is 2.96. The number of quaternary nitrogens is 1. The topological polar surface area (TPSA) is 37.2 Å². The summed E-state index contributed by atoms with van der Waals surface area (Å²) in [6.07, 6.45) is 12.5. The lowest BCUT2D eigenvalue weighted by atomic mass is 9.91. The first kappa shape index (κ1) is 17.8. The van der Waals surface area contributed by atoms with Crippen LogP contribution in [0.3, 0.4) is 0 Å². The highest BCUT2D eigenvalue weighted by Gasteiger charge is 2.46. The summed E-state index contributed by atoms with van der Waals surface area (Å²) in [7, 11) is 0. The molecule has 0 N–H and O–H groups in total. The van der Waals surface area contributed by atoms with Crippen molar-refractivity contribution in [3.8, 4) is 11.5 Å². The van der Waals surface area contributed by atoms with E-state index in [1.807, 2.05) is 62.2 Å². The van der Waals surface area contributed by atoms with Crippen LogP contribution in [0.15, 0.2) is 76.7 Å². The maximum absolute atomic E-state index is 15.1. The summed E-state index contributed by atoms with van der Waals surface area (Å²) in [4.78, 5) is 8.62. The molecule has 0 radical (unpaired) electrons. The zero-order valence-corrected chi connectivity index (χ0v) is 16.2. The first-order valence-corrected chi connectivity index (χ1v) is 9.84. The summed E-state index contributed by atoms with van der Waals surface area (Å²) in [5, 5.41) is 2.22. The fourth-order valence-electron chi connectivity index (χ4n) is 3.94. The van der Waals surface area contributed by atoms with E-state index in [9.17, 15) is 0 Å². The van der Waals surface area contributed by atoms with E-state index in [0.29, 0.717) is 16.4 Å². The van der Waals surface area contributed by atoms with Crippen LogP contribution in [-0.4, -0.2) is 23.2 Å². The zero-order valence-electron chi connectivity index (χ0n) is 16.2. The minimum absolute atomic E-state index is 0.221. The first-order chi connectivity index (χ1) is 14.2. The van der Waals surface area contributed by atoms with Gasteiger partial charge in [-0.25, -0.2) is 14.4 Å². The Balaban J connectivity index is 1.51. The first-order valence-electron chi connectivity index (χ1n) is 9.84. The summed E-state index contributed by atoms with van der Waals surface area (Å²) in [6, 6.07) is 13.1. The molecule has 1 unspecified atom stereocenters. The number of aliphatic imine (C=N–C) groups is 2. The summed E-state index contributed by atoms with van der Waals surface area (Å²) in [5.74, 6) is 0.492. The lowest BCUT2D eigenvalue weighted by molar-refractivity contribution is -0.746. The van der Waals surface area contributed by atoms with Gasteiger partial charge < -0.3 is 4.74 Å². The SMILES string of the molecule is Cc1ccccc1Oc1ccc(N(C2CCC2)[N+]23C=CN=CC2=CN=C3)cc1F. The van der Waals surface area contributed by atoms with Crippen LogP contribution < -0.4 is 9.75 Å². The molecule has 146 valence electrons. The van der Waals surface area contributed by atoms with Gasteiger partial charge in [0, 0.05) is 6.07 Å². The standard InChI is InChI=1S/C23H22FN4O/c1-17-5-2-3-8-22(17)29-23-10-9-19(13-21(23)24)27(18-6-4-7-18)28-12-11-25-14-20(28)15-26-16-28/h2-3,5,8-16,18H,4,6-7H2,1H3/q+1. The van der Waals surface area contributed by atoms with Crippen LogP contribution in [0.5, 0.6) is 11.5 Å². The molecule has 0 aromatic heterocycles. The third-order valence-electron chi connectivity index (χ3n) is 5.72. The number of rotatable bonds is 5. The fourth-order valence-corrected chi connectivity index (χ4v) is 3.94. The molecular weight excluding hydrogens is 367 g/mol. The predicted molar refractivity (Wildman–Crippen MR) is 112 cm³/mol. The number of anilines is 1. The van der Waals surface area contributed by atoms with E-state index >= 15 is 4.39 Å². The van der Waals surface area contributed by atoms with Gasteiger partial charge in [-0.3, -0.25) is 4.99 Å². The van der Waals surface area contributed by atoms with Crippen LogP contribution in [0.2, 0.25) is 0 Å². The summed E-state index contributed by atoms with van der Waals surface area (Å²) >= 11 is 0. The number of hydrogen-bond donors (Lipinski definition) is 0. The molecule has 3 aliphatic rings. The van der Waals surface area contributed by atoms with E-state index < -0.39 is 0 Å². The Bertz CT molecular complexity index is 1070. The lowest BCUT2D eigenvalue weighted by Gasteiger charge is -2.46. The van der Waals surface area contributed by atoms with Crippen molar-refractivity contribution in [1.82, 2.24) is 0 Å². The lowest BCUT2D eigenvalue weighted by Crippen LogP contribution is -2.61. The number of hydrogen-bond acceptors (Lipinski definition) is 4. The van der Waals surface area contributed by atoms with Crippen LogP contribution in [-0.2, 0) is 0 Å². The zero-order chi connectivity index (χ0) is 19.8. The number of fused-ring (bicyclic) bond motifs is 1. The monoisotopic (exact) mass is 389 g/mol. The number of aryl methyl sites for hydroxylation is 1. The van der Waals surface area contributed by atoms with E-state index in [1.165, 1.54) is 6.42 Å². The molecule has 1 atom stereocenters. The van der Waals surface area contributed by atoms with Gasteiger partial charge in [0.25, 0.3) is 0 Å². The second-order valence-electron chi connectivity index (χ2n) is 7.54. The van der Waals surface area contributed by atoms with Gasteiger partial charge >= 0.3 is 0 Å². The van der Waals surface area contributed by atoms with E-state index in [0.717, 1.165) is 29.8 Å². The number of para-hydroxylation sites is 1. The molecule has 0 amide bonds. The number of allylic oxidation sites excluding steroid dienone is 1. The van der Waals surface area contributed by atoms with Crippen LogP contribution in [0.4, 0.5) is 10.1 Å². The molecule has 2 aromatic carbocycles. The van der Waals surface area contributed by atoms with Gasteiger partial charge in [-0.2, -0.15) is 0 Å². The van der Waals surface area contributed by atoms with Crippen LogP contribution >= 0.6 is 0 Å². The smallest absolute Gasteiger partial charge is 0.225 e. The molecule has 1 fully saturated rings. The van der Waals surface area contributed by atoms with Crippen molar-refractivity contribution in [1.29, 1.82) is 0 Å². The summed E-state index contributed by atoms with van der Waals surface area (Å²) in [6.45, 7) is 1.95. The molecule has 2 heterocycles. The molecular formula is C23H22FN4O+. The predicted octanol–water partition coefficient (Wildman–Crippen LogP) is 5.46. The van der Waals surface area contributed by atoms with Crippen LogP contribution in [0.25, 0.3) is 0 Å². The molecule has 0 bridgehead atoms. The minimum atomic E-state index is -0.385. The Hall–Kier alpha value is -3.25. The average Bonchev–Trinajstić information content (AvgIpc) is 3.12. The Morgan fingerprint density at radius 3 is 2.72 bits per heavy atom. The van der Waals surface area contributed by atoms with Crippen molar-refractivity contribution in [3.63, 3.8) is 0 Å². The molecule has 0 saturated heterocycles. The molecule has 0 spiro atoms. The Morgan fingerprint density at radius 2 is 1.97 bits per heavy atom. The van der Waals surface area contributed by atoms with E-state index in [1.54, 1.807) is 18.3 Å². The maximum Gasteiger partial charge on any atom is 0.225 e. The van der Waals surface area contributed by atoms with E-state index in [-0.39, 0.29) is 11.6 Å². The van der Waals surface area contributed by atoms with E-state index in [4.69, 9.17) is 4.74 Å². The molecule has 29 heavy (non-hydrogen) atoms. The van der Waals surface area contributed by atoms with Crippen molar-refractivity contribution in [2.24, 2.45) is 9.98 Å². The highest BCUT2D eigenvalue weighted by molar-refractivity contribution is 5.82. The van der Waals surface area contributed by atoms with Gasteiger partial charge in [0.1, 0.15) is 5.75 Å². The highest BCUT2D eigenvalue weighted by Crippen LogP contribution is 2.40. The van der Waals surface area contributed by atoms with E-state index in [2.05, 4.69) is 15.0 Å². The number of ether oxygens (including phenoxy) is 1. The van der Waals surface area contributed by atoms with Gasteiger partial charge in [-0.1, -0.05) is 18.2 Å². The van der Waals surface area contributed by atoms with Crippen LogP contribution in [0.1, 0.15) is 24.8 Å². The van der Waals surface area contributed by atoms with Crippen molar-refractivity contribution < 1.29 is 13.7 Å². The van der Waals surface area contributed by atoms with Gasteiger partial charge in [-0.15, -0.1) is 4.59 Å². The number of benzene rings is 2. The van der Waals surface area contributed by atoms with Gasteiger partial charge in [0.05, 0.1) is 30.3 Å². The van der Waals surface area contributed by atoms with Gasteiger partial charge in [-0.05, 0) is 49.9 Å². The highest BCUT2D eigenvalue weighted by atomic mass is 19.1. The fraction of sp³-hybridized carbons (Fsp3) is 0.217. The second-order valence-corrected chi connectivity index (χ2v) is 7.54. The normalized spacial score (nSPS) is 22.2. The largest absolute Gasteiger partial charge is 0.454 e. The van der Waals surface area contributed by atoms with Crippen molar-refractivity contribution in [2.75, 3.05) is 5.01 Å². The Morgan fingerprint density at radius 1 is 1.10 bits per heavy atom. The second kappa shape index (κ2) is 6.97. The Kier molecular flexibility index (Phi) is 4.28. The minimum Gasteiger partial charge on any atom is -0.454 e. The molecule has 2 aromatic rings. The molecule has 5 rings (SSSR count). The third-order valence-corrected chi connectivity index (χ3v) is 5.72. The van der Waals surface area contributed by atoms with Gasteiger partial charge in [0.15, 0.2) is 17.8 Å². The quantitative estimate of drug-likeness (QED) is 0.637. The molecule has 5 nitrogen and oxygen atoms in total. The molecule has 2 aliphatic heterocycles. The molecule has 6 heteroatoms. The molecule has 1 aliphatic carbocycles. The summed E-state index contributed by atoms with van der Waals surface area (Å²) in [5.41, 5.74) is 2.70. The number of nitrogens with zero attached hydrogens (tertiary/aromatic N) is 4. The van der Waals surface area contributed by atoms with Crippen molar-refractivity contribution in [2.45, 2.75) is 32.2 Å². The number of halogens is 1. The maximum atomic E-state index is 15.1. The molecule has 1 saturated carbocycles. The Labute approximate surface area is 169 Å². The van der Waals surface area contributed by atoms with Gasteiger partial charge in [0.2, 0.25) is 12.0 Å².